The predicted octanol–water partition coefficient (Wildman–Crippen LogP) is -0.152. The second kappa shape index (κ2) is 5.87. The Bertz CT molecular complexity index is 1340. The van der Waals surface area contributed by atoms with Gasteiger partial charge in [0.2, 0.25) is 0 Å². The topological polar surface area (TPSA) is 61.2 Å². The second-order valence-electron chi connectivity index (χ2n) is 7.87. The van der Waals surface area contributed by atoms with Gasteiger partial charge in [-0.05, 0) is 0 Å². The van der Waals surface area contributed by atoms with E-state index in [1.165, 1.54) is 9.64 Å². The molecule has 0 N–H and O–H groups in total. The zero-order valence-corrected chi connectivity index (χ0v) is 18.1. The van der Waals surface area contributed by atoms with Gasteiger partial charge in [-0.25, -0.2) is 0 Å². The molecule has 5 heterocycles. The molecule has 29 heavy (non-hydrogen) atoms. The van der Waals surface area contributed by atoms with Gasteiger partial charge in [0.1, 0.15) is 0 Å². The SMILES string of the molecule is Cc1c(F)cc2nc3c(c4c2c1CC[I-]4)Cn1c-3cc2c(c1=O)COC(=O)[C@H]2C. The molecule has 0 saturated carbocycles. The van der Waals surface area contributed by atoms with Crippen molar-refractivity contribution in [1.29, 1.82) is 0 Å². The van der Waals surface area contributed by atoms with Crippen molar-refractivity contribution in [2.75, 3.05) is 4.43 Å². The van der Waals surface area contributed by atoms with E-state index in [1.54, 1.807) is 11.5 Å². The van der Waals surface area contributed by atoms with Crippen LogP contribution in [-0.2, 0) is 29.1 Å². The molecule has 0 aliphatic carbocycles. The zero-order valence-electron chi connectivity index (χ0n) is 15.9. The van der Waals surface area contributed by atoms with E-state index < -0.39 is 5.92 Å². The van der Waals surface area contributed by atoms with Crippen molar-refractivity contribution in [2.45, 2.75) is 39.3 Å². The standard InChI is InChI=1S/C22H17FIN2O3/c1-9-11-3-4-24-19-13-7-26-17(20(13)25-16(18(11)19)6-15(9)23)5-12-10(2)22(28)29-8-14(12)21(26)27/h5-6,10H,3-4,7-8H2,1-2H3/q-1/t10-/m0/s1. The fourth-order valence-corrected chi connectivity index (χ4v) is 7.98. The van der Waals surface area contributed by atoms with Gasteiger partial charge in [0.25, 0.3) is 0 Å². The second-order valence-corrected chi connectivity index (χ2v) is 10.8. The van der Waals surface area contributed by atoms with Crippen LogP contribution in [0.3, 0.4) is 0 Å². The van der Waals surface area contributed by atoms with Crippen molar-refractivity contribution in [1.82, 2.24) is 9.55 Å². The van der Waals surface area contributed by atoms with Crippen molar-refractivity contribution in [2.24, 2.45) is 0 Å². The van der Waals surface area contributed by atoms with Crippen LogP contribution in [0.5, 0.6) is 0 Å². The van der Waals surface area contributed by atoms with Crippen molar-refractivity contribution in [3.8, 4) is 11.4 Å². The first-order valence-corrected chi connectivity index (χ1v) is 12.2. The summed E-state index contributed by atoms with van der Waals surface area (Å²) in [5.41, 5.74) is 6.27. The molecular weight excluding hydrogens is 486 g/mol. The van der Waals surface area contributed by atoms with Gasteiger partial charge < -0.3 is 0 Å². The number of fused-ring (bicyclic) bond motifs is 5. The van der Waals surface area contributed by atoms with Crippen LogP contribution in [0, 0.1) is 16.3 Å². The number of aromatic nitrogens is 2. The van der Waals surface area contributed by atoms with E-state index in [4.69, 9.17) is 9.72 Å². The molecule has 6 rings (SSSR count). The summed E-state index contributed by atoms with van der Waals surface area (Å²) in [6.45, 7) is 4.13. The first kappa shape index (κ1) is 17.6. The summed E-state index contributed by atoms with van der Waals surface area (Å²) in [7, 11) is 0. The zero-order chi connectivity index (χ0) is 20.0. The molecule has 3 aliphatic rings. The quantitative estimate of drug-likeness (QED) is 0.190. The molecule has 3 aliphatic heterocycles. The van der Waals surface area contributed by atoms with Gasteiger partial charge >= 0.3 is 176 Å². The number of nitrogens with zero attached hydrogens (tertiary/aromatic N) is 2. The number of benzene rings is 1. The molecule has 5 nitrogen and oxygen atoms in total. The van der Waals surface area contributed by atoms with Gasteiger partial charge in [0, 0.05) is 0 Å². The summed E-state index contributed by atoms with van der Waals surface area (Å²) in [4.78, 5) is 30.1. The third-order valence-corrected chi connectivity index (χ3v) is 9.41. The van der Waals surface area contributed by atoms with Gasteiger partial charge in [-0.3, -0.25) is 0 Å². The Kier molecular flexibility index (Phi) is 3.55. The summed E-state index contributed by atoms with van der Waals surface area (Å²) >= 11 is -0.221. The van der Waals surface area contributed by atoms with Crippen LogP contribution in [0.25, 0.3) is 22.3 Å². The van der Waals surface area contributed by atoms with E-state index in [1.807, 2.05) is 13.0 Å². The molecule has 7 heteroatoms. The van der Waals surface area contributed by atoms with Gasteiger partial charge in [0.15, 0.2) is 0 Å². The summed E-state index contributed by atoms with van der Waals surface area (Å²) in [6, 6.07) is 3.46. The van der Waals surface area contributed by atoms with Gasteiger partial charge in [0.05, 0.1) is 0 Å². The minimum atomic E-state index is -0.473. The van der Waals surface area contributed by atoms with Gasteiger partial charge in [-0.2, -0.15) is 0 Å². The number of esters is 1. The third-order valence-electron chi connectivity index (χ3n) is 6.38. The van der Waals surface area contributed by atoms with Crippen molar-refractivity contribution in [3.63, 3.8) is 0 Å². The summed E-state index contributed by atoms with van der Waals surface area (Å²) < 4.78 is 23.9. The maximum atomic E-state index is 14.5. The molecule has 0 radical (unpaired) electrons. The number of pyridine rings is 2. The maximum absolute atomic E-state index is 14.5. The Morgan fingerprint density at radius 2 is 2.07 bits per heavy atom. The normalized spacial score (nSPS) is 19.3. The molecule has 0 unspecified atom stereocenters. The van der Waals surface area contributed by atoms with Crippen LogP contribution in [0.15, 0.2) is 16.9 Å². The Morgan fingerprint density at radius 1 is 1.24 bits per heavy atom. The van der Waals surface area contributed by atoms with Crippen LogP contribution >= 0.6 is 0 Å². The van der Waals surface area contributed by atoms with E-state index in [9.17, 15) is 14.0 Å². The Morgan fingerprint density at radius 3 is 2.90 bits per heavy atom. The molecule has 0 saturated heterocycles. The molecule has 1 atom stereocenters. The number of hydrogen-bond donors (Lipinski definition) is 0. The van der Waals surface area contributed by atoms with Crippen molar-refractivity contribution < 1.29 is 35.1 Å². The molecule has 0 amide bonds. The predicted molar refractivity (Wildman–Crippen MR) is 101 cm³/mol. The molecule has 0 bridgehead atoms. The Hall–Kier alpha value is -2.29. The van der Waals surface area contributed by atoms with E-state index in [0.29, 0.717) is 17.6 Å². The monoisotopic (exact) mass is 503 g/mol. The Balaban J connectivity index is 1.68. The average Bonchev–Trinajstić information content (AvgIpc) is 3.08. The third kappa shape index (κ3) is 2.22. The van der Waals surface area contributed by atoms with Crippen LogP contribution < -0.4 is 26.8 Å². The number of rotatable bonds is 0. The van der Waals surface area contributed by atoms with E-state index in [2.05, 4.69) is 0 Å². The number of halogens is 2. The van der Waals surface area contributed by atoms with Crippen molar-refractivity contribution >= 4 is 16.9 Å². The molecule has 0 fully saturated rings. The minimum absolute atomic E-state index is 0.0255. The van der Waals surface area contributed by atoms with E-state index in [-0.39, 0.29) is 45.2 Å². The number of aryl methyl sites for hydroxylation is 1. The van der Waals surface area contributed by atoms with Crippen LogP contribution in [0.4, 0.5) is 4.39 Å². The van der Waals surface area contributed by atoms with Crippen LogP contribution in [0.2, 0.25) is 0 Å². The number of carbonyl (C=O) groups is 1. The van der Waals surface area contributed by atoms with Crippen molar-refractivity contribution in [3.05, 3.63) is 59.7 Å². The van der Waals surface area contributed by atoms with Gasteiger partial charge in [-0.15, -0.1) is 0 Å². The summed E-state index contributed by atoms with van der Waals surface area (Å²) in [6.07, 6.45) is 0.902. The molecule has 1 aromatic carbocycles. The molecule has 0 spiro atoms. The first-order valence-electron chi connectivity index (χ1n) is 9.63. The molecular formula is C22H17FIN2O3-. The van der Waals surface area contributed by atoms with E-state index in [0.717, 1.165) is 49.9 Å². The molecule has 3 aromatic rings. The number of alkyl halides is 1. The van der Waals surface area contributed by atoms with E-state index >= 15 is 0 Å². The average molecular weight is 503 g/mol. The summed E-state index contributed by atoms with van der Waals surface area (Å²) in [5, 5.41) is 1.11. The van der Waals surface area contributed by atoms with Crippen LogP contribution in [-0.4, -0.2) is 19.9 Å². The number of hydrogen-bond acceptors (Lipinski definition) is 4. The number of carbonyl (C=O) groups excluding carboxylic acids is 1. The number of ether oxygens (including phenoxy) is 1. The fraction of sp³-hybridized carbons (Fsp3) is 0.318. The summed E-state index contributed by atoms with van der Waals surface area (Å²) in [5.74, 6) is -1.00. The number of cyclic esters (lactones) is 1. The molecule has 2 aromatic heterocycles. The van der Waals surface area contributed by atoms with Crippen LogP contribution in [0.1, 0.15) is 40.7 Å². The first-order chi connectivity index (χ1) is 14.0. The fourth-order valence-electron chi connectivity index (χ4n) is 4.76. The van der Waals surface area contributed by atoms with Gasteiger partial charge in [-0.1, -0.05) is 0 Å². The molecule has 148 valence electrons. The Labute approximate surface area is 176 Å².